The first-order chi connectivity index (χ1) is 16.1. The third kappa shape index (κ3) is 7.21. The second-order valence-electron chi connectivity index (χ2n) is 7.22. The first kappa shape index (κ1) is 25.0. The molecule has 3 aromatic rings. The Labute approximate surface area is 198 Å². The van der Waals surface area contributed by atoms with E-state index >= 15 is 0 Å². The number of carbonyl (C=O) groups is 2. The number of nitrogens with zero attached hydrogens (tertiary/aromatic N) is 2. The van der Waals surface area contributed by atoms with Gasteiger partial charge in [-0.15, -0.1) is 13.2 Å². The highest BCUT2D eigenvalue weighted by Crippen LogP contribution is 2.30. The van der Waals surface area contributed by atoms with Gasteiger partial charge in [0.15, 0.2) is 6.61 Å². The Morgan fingerprint density at radius 2 is 1.76 bits per heavy atom. The molecule has 10 heteroatoms. The molecule has 6 nitrogen and oxygen atoms in total. The lowest BCUT2D eigenvalue weighted by Gasteiger charge is -2.25. The molecule has 3 rings (SSSR count). The normalized spacial score (nSPS) is 11.1. The van der Waals surface area contributed by atoms with Crippen molar-refractivity contribution in [2.45, 2.75) is 26.4 Å². The third-order valence-corrected chi connectivity index (χ3v) is 5.02. The van der Waals surface area contributed by atoms with Gasteiger partial charge in [0.2, 0.25) is 0 Å². The maximum atomic E-state index is 12.9. The zero-order valence-electron chi connectivity index (χ0n) is 18.0. The Hall–Kier alpha value is -3.59. The molecule has 1 heterocycles. The number of halogens is 4. The molecule has 0 atom stereocenters. The highest BCUT2D eigenvalue weighted by molar-refractivity contribution is 6.30. The zero-order valence-corrected chi connectivity index (χ0v) is 18.8. The molecule has 0 spiro atoms. The van der Waals surface area contributed by atoms with E-state index in [9.17, 15) is 22.8 Å². The third-order valence-electron chi connectivity index (χ3n) is 4.69. The molecule has 0 aliphatic carbocycles. The average molecular weight is 493 g/mol. The van der Waals surface area contributed by atoms with E-state index < -0.39 is 30.6 Å². The Kier molecular flexibility index (Phi) is 8.12. The fraction of sp³-hybridized carbons (Fsp3) is 0.208. The summed E-state index contributed by atoms with van der Waals surface area (Å²) < 4.78 is 46.7. The van der Waals surface area contributed by atoms with Gasteiger partial charge in [-0.05, 0) is 34.9 Å². The van der Waals surface area contributed by atoms with Crippen molar-refractivity contribution in [3.8, 4) is 16.9 Å². The molecule has 0 bridgehead atoms. The van der Waals surface area contributed by atoms with Gasteiger partial charge in [-0.3, -0.25) is 9.59 Å². The van der Waals surface area contributed by atoms with Crippen LogP contribution in [0.4, 0.5) is 13.2 Å². The zero-order chi connectivity index (χ0) is 24.7. The van der Waals surface area contributed by atoms with Crippen LogP contribution >= 0.6 is 11.6 Å². The van der Waals surface area contributed by atoms with Crippen LogP contribution in [-0.4, -0.2) is 34.7 Å². The van der Waals surface area contributed by atoms with E-state index in [1.165, 1.54) is 30.2 Å². The highest BCUT2D eigenvalue weighted by Gasteiger charge is 2.31. The van der Waals surface area contributed by atoms with Crippen LogP contribution in [0.15, 0.2) is 66.9 Å². The van der Waals surface area contributed by atoms with Crippen LogP contribution in [0, 0.1) is 0 Å². The van der Waals surface area contributed by atoms with Crippen LogP contribution in [0.2, 0.25) is 5.15 Å². The number of aromatic nitrogens is 1. The topological polar surface area (TPSA) is 68.7 Å². The minimum absolute atomic E-state index is 0.0264. The van der Waals surface area contributed by atoms with Crippen molar-refractivity contribution < 1.29 is 32.2 Å². The molecule has 0 N–H and O–H groups in total. The van der Waals surface area contributed by atoms with Gasteiger partial charge in [-0.2, -0.15) is 0 Å². The van der Waals surface area contributed by atoms with Gasteiger partial charge in [0.05, 0.1) is 0 Å². The highest BCUT2D eigenvalue weighted by atomic mass is 35.5. The number of rotatable bonds is 8. The monoisotopic (exact) mass is 492 g/mol. The van der Waals surface area contributed by atoms with Crippen molar-refractivity contribution in [1.29, 1.82) is 0 Å². The summed E-state index contributed by atoms with van der Waals surface area (Å²) in [5.41, 5.74) is 2.49. The minimum atomic E-state index is -4.85. The molecule has 0 aliphatic rings. The molecule has 2 aromatic carbocycles. The number of pyridine rings is 1. The Balaban J connectivity index is 1.93. The number of carbonyl (C=O) groups excluding carboxylic acids is 2. The van der Waals surface area contributed by atoms with Gasteiger partial charge in [0.25, 0.3) is 5.91 Å². The summed E-state index contributed by atoms with van der Waals surface area (Å²) in [7, 11) is 0. The second kappa shape index (κ2) is 11.0. The van der Waals surface area contributed by atoms with E-state index in [2.05, 4.69) is 9.72 Å². The summed E-state index contributed by atoms with van der Waals surface area (Å²) in [6.45, 7) is 0.518. The number of amides is 1. The van der Waals surface area contributed by atoms with Crippen molar-refractivity contribution in [2.75, 3.05) is 6.61 Å². The lowest BCUT2D eigenvalue weighted by molar-refractivity contribution is -0.274. The summed E-state index contributed by atoms with van der Waals surface area (Å²) in [5.74, 6) is -1.61. The van der Waals surface area contributed by atoms with Gasteiger partial charge in [-0.1, -0.05) is 54.1 Å². The quantitative estimate of drug-likeness (QED) is 0.311. The first-order valence-corrected chi connectivity index (χ1v) is 10.4. The molecule has 1 aromatic heterocycles. The maximum Gasteiger partial charge on any atom is 0.573 e. The smallest absolute Gasteiger partial charge is 0.456 e. The molecule has 0 aliphatic heterocycles. The Bertz CT molecular complexity index is 1160. The number of hydrogen-bond acceptors (Lipinski definition) is 5. The standard InChI is InChI=1S/C24H20ClF3N2O4/c1-16(31)33-15-22(32)30(13-17-6-5-9-19(12-17)34-24(26,27)28)14-21-20(10-11-29-23(21)25)18-7-3-2-4-8-18/h2-12H,13-15H2,1H3. The number of alkyl halides is 3. The van der Waals surface area contributed by atoms with Crippen molar-refractivity contribution >= 4 is 23.5 Å². The molecule has 0 radical (unpaired) electrons. The van der Waals surface area contributed by atoms with Gasteiger partial charge in [-0.25, -0.2) is 4.98 Å². The molecule has 0 unspecified atom stereocenters. The molecular formula is C24H20ClF3N2O4. The number of ether oxygens (including phenoxy) is 2. The summed E-state index contributed by atoms with van der Waals surface area (Å²) in [6, 6.07) is 16.3. The molecule has 0 fully saturated rings. The second-order valence-corrected chi connectivity index (χ2v) is 7.58. The van der Waals surface area contributed by atoms with Crippen molar-refractivity contribution in [1.82, 2.24) is 9.88 Å². The van der Waals surface area contributed by atoms with Gasteiger partial charge >= 0.3 is 12.3 Å². The lowest BCUT2D eigenvalue weighted by Crippen LogP contribution is -2.34. The van der Waals surface area contributed by atoms with E-state index in [1.807, 2.05) is 30.3 Å². The largest absolute Gasteiger partial charge is 0.573 e. The molecule has 1 amide bonds. The molecule has 34 heavy (non-hydrogen) atoms. The predicted octanol–water partition coefficient (Wildman–Crippen LogP) is 5.39. The number of hydrogen-bond donors (Lipinski definition) is 0. The van der Waals surface area contributed by atoms with Crippen molar-refractivity contribution in [3.63, 3.8) is 0 Å². The molecule has 0 saturated heterocycles. The molecule has 178 valence electrons. The van der Waals surface area contributed by atoms with Crippen LogP contribution in [0.3, 0.4) is 0 Å². The fourth-order valence-corrected chi connectivity index (χ4v) is 3.46. The summed E-state index contributed by atoms with van der Waals surface area (Å²) in [4.78, 5) is 29.5. The SMILES string of the molecule is CC(=O)OCC(=O)N(Cc1cccc(OC(F)(F)F)c1)Cc1c(-c2ccccc2)ccnc1Cl. The fourth-order valence-electron chi connectivity index (χ4n) is 3.24. The van der Waals surface area contributed by atoms with Gasteiger partial charge < -0.3 is 14.4 Å². The first-order valence-electron chi connectivity index (χ1n) is 10.1. The van der Waals surface area contributed by atoms with Crippen LogP contribution < -0.4 is 4.74 Å². The Morgan fingerprint density at radius 3 is 2.44 bits per heavy atom. The minimum Gasteiger partial charge on any atom is -0.456 e. The van der Waals surface area contributed by atoms with E-state index in [1.54, 1.807) is 12.1 Å². The number of benzene rings is 2. The van der Waals surface area contributed by atoms with Crippen molar-refractivity contribution in [2.24, 2.45) is 0 Å². The van der Waals surface area contributed by atoms with Crippen LogP contribution in [0.5, 0.6) is 5.75 Å². The average Bonchev–Trinajstić information content (AvgIpc) is 2.78. The van der Waals surface area contributed by atoms with Gasteiger partial charge in [0, 0.05) is 31.8 Å². The lowest BCUT2D eigenvalue weighted by atomic mass is 10.0. The van der Waals surface area contributed by atoms with E-state index in [0.29, 0.717) is 11.1 Å². The molecule has 0 saturated carbocycles. The predicted molar refractivity (Wildman–Crippen MR) is 119 cm³/mol. The maximum absolute atomic E-state index is 12.9. The van der Waals surface area contributed by atoms with E-state index in [-0.39, 0.29) is 18.2 Å². The van der Waals surface area contributed by atoms with Crippen molar-refractivity contribution in [3.05, 3.63) is 83.1 Å². The Morgan fingerprint density at radius 1 is 1.03 bits per heavy atom. The van der Waals surface area contributed by atoms with Crippen LogP contribution in [0.1, 0.15) is 18.1 Å². The van der Waals surface area contributed by atoms with E-state index in [0.717, 1.165) is 17.2 Å². The van der Waals surface area contributed by atoms with Crippen LogP contribution in [-0.2, 0) is 27.4 Å². The summed E-state index contributed by atoms with van der Waals surface area (Å²) >= 11 is 6.38. The summed E-state index contributed by atoms with van der Waals surface area (Å²) in [5, 5.41) is 0.167. The number of esters is 1. The van der Waals surface area contributed by atoms with Crippen LogP contribution in [0.25, 0.3) is 11.1 Å². The molecular weight excluding hydrogens is 473 g/mol. The van der Waals surface area contributed by atoms with Gasteiger partial charge in [0.1, 0.15) is 10.9 Å². The summed E-state index contributed by atoms with van der Waals surface area (Å²) in [6.07, 6.45) is -3.31. The van der Waals surface area contributed by atoms with E-state index in [4.69, 9.17) is 16.3 Å².